The number of carbonyl (C=O) groups is 1. The monoisotopic (exact) mass is 312 g/mol. The van der Waals surface area contributed by atoms with Crippen molar-refractivity contribution in [3.63, 3.8) is 0 Å². The number of piperazine rings is 1. The maximum absolute atomic E-state index is 12.0. The minimum absolute atomic E-state index is 0.00710. The van der Waals surface area contributed by atoms with E-state index in [0.717, 1.165) is 58.8 Å². The molecule has 2 N–H and O–H groups in total. The predicted molar refractivity (Wildman–Crippen MR) is 88.1 cm³/mol. The van der Waals surface area contributed by atoms with Crippen LogP contribution in [0.5, 0.6) is 0 Å². The molecular weight excluding hydrogens is 280 g/mol. The summed E-state index contributed by atoms with van der Waals surface area (Å²) >= 11 is 0. The van der Waals surface area contributed by atoms with Crippen LogP contribution in [0.25, 0.3) is 0 Å². The first-order chi connectivity index (χ1) is 10.5. The first-order valence-corrected chi connectivity index (χ1v) is 8.61. The Hall–Kier alpha value is -0.850. The summed E-state index contributed by atoms with van der Waals surface area (Å²) in [7, 11) is 0. The average Bonchev–Trinajstić information content (AvgIpc) is 2.54. The van der Waals surface area contributed by atoms with Gasteiger partial charge in [0.15, 0.2) is 0 Å². The molecule has 6 nitrogen and oxygen atoms in total. The molecule has 2 aliphatic heterocycles. The van der Waals surface area contributed by atoms with Gasteiger partial charge in [0.25, 0.3) is 0 Å². The average molecular weight is 312 g/mol. The summed E-state index contributed by atoms with van der Waals surface area (Å²) in [5.74, 6) is 0. The van der Waals surface area contributed by atoms with Gasteiger partial charge >= 0.3 is 6.03 Å². The van der Waals surface area contributed by atoms with Crippen LogP contribution < -0.4 is 10.6 Å². The lowest BCUT2D eigenvalue weighted by atomic mass is 10.0. The van der Waals surface area contributed by atoms with E-state index in [4.69, 9.17) is 4.74 Å². The third kappa shape index (κ3) is 5.11. The summed E-state index contributed by atoms with van der Waals surface area (Å²) in [6, 6.07) is 0.206. The Bertz CT molecular complexity index is 348. The van der Waals surface area contributed by atoms with Gasteiger partial charge in [-0.05, 0) is 33.2 Å². The third-order valence-electron chi connectivity index (χ3n) is 4.91. The number of likely N-dealkylation sites (N-methyl/N-ethyl adjacent to an activating group) is 1. The van der Waals surface area contributed by atoms with Crippen LogP contribution in [0.2, 0.25) is 0 Å². The third-order valence-corrected chi connectivity index (χ3v) is 4.91. The van der Waals surface area contributed by atoms with Gasteiger partial charge in [-0.1, -0.05) is 6.92 Å². The predicted octanol–water partition coefficient (Wildman–Crippen LogP) is 0.881. The summed E-state index contributed by atoms with van der Waals surface area (Å²) in [5.41, 5.74) is -0.00710. The Morgan fingerprint density at radius 1 is 1.18 bits per heavy atom. The number of amides is 2. The standard InChI is InChI=1S/C16H32N4O2/c1-4-19-7-9-20(10-8-19)16(2,3)13-17-15(21)18-14-5-11-22-12-6-14/h14H,4-13H2,1-3H3,(H2,17,18,21). The lowest BCUT2D eigenvalue weighted by Crippen LogP contribution is -2.59. The molecule has 0 aromatic carbocycles. The van der Waals surface area contributed by atoms with Gasteiger partial charge in [-0.2, -0.15) is 0 Å². The molecule has 2 saturated heterocycles. The van der Waals surface area contributed by atoms with Crippen LogP contribution in [0.4, 0.5) is 4.79 Å². The number of urea groups is 1. The molecule has 0 unspecified atom stereocenters. The van der Waals surface area contributed by atoms with Crippen molar-refractivity contribution in [3.8, 4) is 0 Å². The molecule has 0 aromatic heterocycles. The van der Waals surface area contributed by atoms with Gasteiger partial charge in [0, 0.05) is 57.5 Å². The molecule has 2 aliphatic rings. The quantitative estimate of drug-likeness (QED) is 0.791. The van der Waals surface area contributed by atoms with Crippen molar-refractivity contribution in [2.45, 2.75) is 45.2 Å². The zero-order valence-electron chi connectivity index (χ0n) is 14.4. The Morgan fingerprint density at radius 3 is 2.41 bits per heavy atom. The first kappa shape index (κ1) is 17.5. The van der Waals surface area contributed by atoms with Gasteiger partial charge in [-0.3, -0.25) is 4.90 Å². The Balaban J connectivity index is 1.71. The van der Waals surface area contributed by atoms with Crippen LogP contribution in [-0.2, 0) is 4.74 Å². The van der Waals surface area contributed by atoms with Crippen LogP contribution >= 0.6 is 0 Å². The van der Waals surface area contributed by atoms with Gasteiger partial charge in [-0.15, -0.1) is 0 Å². The number of ether oxygens (including phenoxy) is 1. The number of carbonyl (C=O) groups excluding carboxylic acids is 1. The van der Waals surface area contributed by atoms with Crippen LogP contribution in [0, 0.1) is 0 Å². The van der Waals surface area contributed by atoms with E-state index in [-0.39, 0.29) is 17.6 Å². The van der Waals surface area contributed by atoms with Crippen LogP contribution in [0.3, 0.4) is 0 Å². The lowest BCUT2D eigenvalue weighted by Gasteiger charge is -2.44. The van der Waals surface area contributed by atoms with E-state index in [9.17, 15) is 4.79 Å². The van der Waals surface area contributed by atoms with Crippen molar-refractivity contribution in [2.24, 2.45) is 0 Å². The van der Waals surface area contributed by atoms with E-state index in [1.807, 2.05) is 0 Å². The molecule has 128 valence electrons. The van der Waals surface area contributed by atoms with Crippen molar-refractivity contribution in [1.82, 2.24) is 20.4 Å². The lowest BCUT2D eigenvalue weighted by molar-refractivity contribution is 0.0549. The molecule has 0 spiro atoms. The Kier molecular flexibility index (Phi) is 6.47. The van der Waals surface area contributed by atoms with Gasteiger partial charge < -0.3 is 20.3 Å². The molecule has 2 amide bonds. The number of hydrogen-bond acceptors (Lipinski definition) is 4. The highest BCUT2D eigenvalue weighted by atomic mass is 16.5. The summed E-state index contributed by atoms with van der Waals surface area (Å²) in [6.07, 6.45) is 1.82. The zero-order chi connectivity index (χ0) is 16.0. The van der Waals surface area contributed by atoms with Gasteiger partial charge in [0.1, 0.15) is 0 Å². The highest BCUT2D eigenvalue weighted by molar-refractivity contribution is 5.74. The summed E-state index contributed by atoms with van der Waals surface area (Å²) in [5, 5.41) is 6.10. The maximum Gasteiger partial charge on any atom is 0.315 e. The summed E-state index contributed by atoms with van der Waals surface area (Å²) < 4.78 is 5.31. The van der Waals surface area contributed by atoms with Gasteiger partial charge in [0.2, 0.25) is 0 Å². The van der Waals surface area contributed by atoms with E-state index in [1.54, 1.807) is 0 Å². The smallest absolute Gasteiger partial charge is 0.315 e. The molecule has 0 aromatic rings. The largest absolute Gasteiger partial charge is 0.381 e. The second-order valence-corrected chi connectivity index (χ2v) is 6.95. The number of nitrogens with zero attached hydrogens (tertiary/aromatic N) is 2. The summed E-state index contributed by atoms with van der Waals surface area (Å²) in [4.78, 5) is 17.0. The van der Waals surface area contributed by atoms with E-state index in [0.29, 0.717) is 6.54 Å². The fraction of sp³-hybridized carbons (Fsp3) is 0.938. The SMILES string of the molecule is CCN1CCN(C(C)(C)CNC(=O)NC2CCOCC2)CC1. The highest BCUT2D eigenvalue weighted by Crippen LogP contribution is 2.16. The topological polar surface area (TPSA) is 56.8 Å². The van der Waals surface area contributed by atoms with E-state index < -0.39 is 0 Å². The fourth-order valence-electron chi connectivity index (χ4n) is 3.16. The second-order valence-electron chi connectivity index (χ2n) is 6.95. The molecule has 22 heavy (non-hydrogen) atoms. The van der Waals surface area contributed by atoms with Crippen LogP contribution in [0.15, 0.2) is 0 Å². The van der Waals surface area contributed by atoms with Crippen molar-refractivity contribution < 1.29 is 9.53 Å². The minimum Gasteiger partial charge on any atom is -0.381 e. The van der Waals surface area contributed by atoms with Crippen LogP contribution in [-0.4, -0.2) is 79.9 Å². The van der Waals surface area contributed by atoms with E-state index in [2.05, 4.69) is 41.2 Å². The van der Waals surface area contributed by atoms with Crippen LogP contribution in [0.1, 0.15) is 33.6 Å². The second kappa shape index (κ2) is 8.13. The number of hydrogen-bond donors (Lipinski definition) is 2. The molecule has 0 aliphatic carbocycles. The zero-order valence-corrected chi connectivity index (χ0v) is 14.4. The molecule has 6 heteroatoms. The van der Waals surface area contributed by atoms with Crippen molar-refractivity contribution in [1.29, 1.82) is 0 Å². The van der Waals surface area contributed by atoms with E-state index >= 15 is 0 Å². The molecule has 0 atom stereocenters. The molecular formula is C16H32N4O2. The van der Waals surface area contributed by atoms with Crippen molar-refractivity contribution >= 4 is 6.03 Å². The van der Waals surface area contributed by atoms with Crippen molar-refractivity contribution in [2.75, 3.05) is 52.5 Å². The Labute approximate surface area is 134 Å². The summed E-state index contributed by atoms with van der Waals surface area (Å²) in [6.45, 7) is 14.3. The Morgan fingerprint density at radius 2 is 1.82 bits per heavy atom. The molecule has 0 bridgehead atoms. The number of nitrogens with one attached hydrogen (secondary N) is 2. The fourth-order valence-corrected chi connectivity index (χ4v) is 3.16. The molecule has 0 saturated carbocycles. The molecule has 2 heterocycles. The number of rotatable bonds is 5. The first-order valence-electron chi connectivity index (χ1n) is 8.61. The molecule has 0 radical (unpaired) electrons. The normalized spacial score (nSPS) is 22.5. The van der Waals surface area contributed by atoms with E-state index in [1.165, 1.54) is 0 Å². The van der Waals surface area contributed by atoms with Crippen molar-refractivity contribution in [3.05, 3.63) is 0 Å². The molecule has 2 rings (SSSR count). The highest BCUT2D eigenvalue weighted by Gasteiger charge is 2.30. The maximum atomic E-state index is 12.0. The van der Waals surface area contributed by atoms with Gasteiger partial charge in [0.05, 0.1) is 0 Å². The minimum atomic E-state index is -0.0489. The van der Waals surface area contributed by atoms with Gasteiger partial charge in [-0.25, -0.2) is 4.79 Å². The molecule has 2 fully saturated rings.